The summed E-state index contributed by atoms with van der Waals surface area (Å²) >= 11 is 0. The first kappa shape index (κ1) is 20.6. The number of nitrogens with zero attached hydrogens (tertiary/aromatic N) is 6. The first-order valence-electron chi connectivity index (χ1n) is 9.98. The van der Waals surface area contributed by atoms with Crippen LogP contribution in [0.5, 0.6) is 0 Å². The minimum atomic E-state index is -4.31. The molecule has 1 aromatic carbocycles. The molecule has 1 fully saturated rings. The summed E-state index contributed by atoms with van der Waals surface area (Å²) in [5.41, 5.74) is 0.623. The maximum Gasteiger partial charge on any atom is 0.416 e. The summed E-state index contributed by atoms with van der Waals surface area (Å²) in [4.78, 5) is 4.36. The molecule has 1 aliphatic heterocycles. The molecule has 9 heteroatoms. The van der Waals surface area contributed by atoms with E-state index in [0.29, 0.717) is 17.8 Å². The molecule has 0 atom stereocenters. The van der Waals surface area contributed by atoms with Gasteiger partial charge in [-0.15, -0.1) is 15.3 Å². The van der Waals surface area contributed by atoms with Crippen molar-refractivity contribution < 1.29 is 13.2 Å². The maximum atomic E-state index is 12.9. The highest BCUT2D eigenvalue weighted by atomic mass is 19.4. The molecule has 0 amide bonds. The SMILES string of the molecule is CC(C)(C)c1nnc2ccc(N3CCN(Cc4cccc(C(F)(F)F)c4)CC3)nn12. The van der Waals surface area contributed by atoms with E-state index in [4.69, 9.17) is 5.10 Å². The molecule has 0 N–H and O–H groups in total. The third-order valence-corrected chi connectivity index (χ3v) is 5.28. The largest absolute Gasteiger partial charge is 0.416 e. The molecule has 160 valence electrons. The van der Waals surface area contributed by atoms with Gasteiger partial charge in [-0.1, -0.05) is 39.0 Å². The Labute approximate surface area is 173 Å². The number of benzene rings is 1. The number of halogens is 3. The van der Waals surface area contributed by atoms with Crippen molar-refractivity contribution in [1.82, 2.24) is 24.7 Å². The molecule has 2 aromatic heterocycles. The van der Waals surface area contributed by atoms with Gasteiger partial charge in [0.05, 0.1) is 5.56 Å². The van der Waals surface area contributed by atoms with Gasteiger partial charge in [-0.3, -0.25) is 4.90 Å². The predicted molar refractivity (Wildman–Crippen MR) is 108 cm³/mol. The zero-order valence-electron chi connectivity index (χ0n) is 17.3. The lowest BCUT2D eigenvalue weighted by molar-refractivity contribution is -0.137. The Balaban J connectivity index is 1.44. The van der Waals surface area contributed by atoms with Gasteiger partial charge in [0.15, 0.2) is 11.5 Å². The van der Waals surface area contributed by atoms with Gasteiger partial charge >= 0.3 is 6.18 Å². The molecule has 0 unspecified atom stereocenters. The summed E-state index contributed by atoms with van der Waals surface area (Å²) in [6.07, 6.45) is -4.31. The fourth-order valence-corrected chi connectivity index (χ4v) is 3.65. The van der Waals surface area contributed by atoms with E-state index in [1.807, 2.05) is 12.1 Å². The minimum absolute atomic E-state index is 0.172. The molecule has 0 bridgehead atoms. The normalized spacial score (nSPS) is 16.4. The number of alkyl halides is 3. The molecular formula is C21H25F3N6. The van der Waals surface area contributed by atoms with E-state index in [0.717, 1.165) is 43.9 Å². The molecule has 0 saturated carbocycles. The molecule has 1 saturated heterocycles. The minimum Gasteiger partial charge on any atom is -0.353 e. The van der Waals surface area contributed by atoms with Crippen molar-refractivity contribution in [3.05, 3.63) is 53.3 Å². The number of fused-ring (bicyclic) bond motifs is 1. The zero-order chi connectivity index (χ0) is 21.5. The third kappa shape index (κ3) is 4.26. The highest BCUT2D eigenvalue weighted by Gasteiger charge is 2.30. The van der Waals surface area contributed by atoms with Crippen LogP contribution < -0.4 is 4.90 Å². The summed E-state index contributed by atoms with van der Waals surface area (Å²) in [6, 6.07) is 9.43. The molecule has 0 aliphatic carbocycles. The Kier molecular flexibility index (Phi) is 5.17. The first-order valence-corrected chi connectivity index (χ1v) is 9.98. The van der Waals surface area contributed by atoms with Crippen molar-refractivity contribution in [2.24, 2.45) is 0 Å². The maximum absolute atomic E-state index is 12.9. The smallest absolute Gasteiger partial charge is 0.353 e. The van der Waals surface area contributed by atoms with Gasteiger partial charge in [0.2, 0.25) is 0 Å². The molecular weight excluding hydrogens is 393 g/mol. The van der Waals surface area contributed by atoms with Crippen LogP contribution in [-0.4, -0.2) is 50.9 Å². The van der Waals surface area contributed by atoms with E-state index in [-0.39, 0.29) is 5.41 Å². The van der Waals surface area contributed by atoms with Crippen molar-refractivity contribution in [2.75, 3.05) is 31.1 Å². The topological polar surface area (TPSA) is 49.6 Å². The van der Waals surface area contributed by atoms with Gasteiger partial charge < -0.3 is 4.90 Å². The van der Waals surface area contributed by atoms with Gasteiger partial charge in [-0.05, 0) is 23.8 Å². The van der Waals surface area contributed by atoms with E-state index in [1.54, 1.807) is 10.6 Å². The van der Waals surface area contributed by atoms with Crippen molar-refractivity contribution in [3.8, 4) is 0 Å². The van der Waals surface area contributed by atoms with Crippen molar-refractivity contribution in [3.63, 3.8) is 0 Å². The van der Waals surface area contributed by atoms with E-state index in [9.17, 15) is 13.2 Å². The zero-order valence-corrected chi connectivity index (χ0v) is 17.3. The average Bonchev–Trinajstić information content (AvgIpc) is 3.12. The third-order valence-electron chi connectivity index (χ3n) is 5.28. The molecule has 4 rings (SSSR count). The molecule has 1 aliphatic rings. The van der Waals surface area contributed by atoms with E-state index in [2.05, 4.69) is 40.8 Å². The summed E-state index contributed by atoms with van der Waals surface area (Å²) < 4.78 is 40.6. The number of anilines is 1. The summed E-state index contributed by atoms with van der Waals surface area (Å²) in [5.74, 6) is 1.66. The van der Waals surface area contributed by atoms with Crippen LogP contribution in [0.15, 0.2) is 36.4 Å². The molecule has 6 nitrogen and oxygen atoms in total. The lowest BCUT2D eigenvalue weighted by atomic mass is 9.96. The predicted octanol–water partition coefficient (Wildman–Crippen LogP) is 3.76. The van der Waals surface area contributed by atoms with Crippen LogP contribution in [0.3, 0.4) is 0 Å². The lowest BCUT2D eigenvalue weighted by Crippen LogP contribution is -2.46. The number of aromatic nitrogens is 4. The lowest BCUT2D eigenvalue weighted by Gasteiger charge is -2.35. The molecule has 3 aromatic rings. The molecule has 3 heterocycles. The number of rotatable bonds is 3. The van der Waals surface area contributed by atoms with Crippen LogP contribution in [0.2, 0.25) is 0 Å². The fourth-order valence-electron chi connectivity index (χ4n) is 3.65. The second-order valence-corrected chi connectivity index (χ2v) is 8.70. The van der Waals surface area contributed by atoms with Gasteiger partial charge in [0.1, 0.15) is 5.82 Å². The van der Waals surface area contributed by atoms with Crippen molar-refractivity contribution >= 4 is 11.5 Å². The van der Waals surface area contributed by atoms with E-state index in [1.165, 1.54) is 12.1 Å². The second-order valence-electron chi connectivity index (χ2n) is 8.70. The first-order chi connectivity index (χ1) is 14.1. The van der Waals surface area contributed by atoms with Gasteiger partial charge in [0, 0.05) is 38.1 Å². The second kappa shape index (κ2) is 7.54. The van der Waals surface area contributed by atoms with Crippen LogP contribution in [0.4, 0.5) is 19.0 Å². The quantitative estimate of drug-likeness (QED) is 0.648. The van der Waals surface area contributed by atoms with Crippen LogP contribution in [0.25, 0.3) is 5.65 Å². The molecule has 30 heavy (non-hydrogen) atoms. The standard InChI is InChI=1S/C21H25F3N6/c1-20(2,3)19-26-25-17-7-8-18(27-30(17)19)29-11-9-28(10-12-29)14-15-5-4-6-16(13-15)21(22,23)24/h4-8,13H,9-12,14H2,1-3H3. The summed E-state index contributed by atoms with van der Waals surface area (Å²) in [5, 5.41) is 13.2. The van der Waals surface area contributed by atoms with Crippen molar-refractivity contribution in [1.29, 1.82) is 0 Å². The Morgan fingerprint density at radius 3 is 2.33 bits per heavy atom. The average molecular weight is 418 g/mol. The summed E-state index contributed by atoms with van der Waals surface area (Å²) in [7, 11) is 0. The fraction of sp³-hybridized carbons (Fsp3) is 0.476. The Hall–Kier alpha value is -2.68. The number of hydrogen-bond acceptors (Lipinski definition) is 5. The van der Waals surface area contributed by atoms with Crippen LogP contribution >= 0.6 is 0 Å². The van der Waals surface area contributed by atoms with Gasteiger partial charge in [-0.25, -0.2) is 0 Å². The highest BCUT2D eigenvalue weighted by Crippen LogP contribution is 2.30. The number of hydrogen-bond donors (Lipinski definition) is 0. The van der Waals surface area contributed by atoms with Gasteiger partial charge in [-0.2, -0.15) is 17.7 Å². The monoisotopic (exact) mass is 418 g/mol. The van der Waals surface area contributed by atoms with E-state index < -0.39 is 11.7 Å². The Morgan fingerprint density at radius 1 is 0.933 bits per heavy atom. The molecule has 0 radical (unpaired) electrons. The number of piperazine rings is 1. The molecule has 0 spiro atoms. The summed E-state index contributed by atoms with van der Waals surface area (Å²) in [6.45, 7) is 9.74. The Morgan fingerprint density at radius 2 is 1.67 bits per heavy atom. The van der Waals surface area contributed by atoms with Crippen molar-refractivity contribution in [2.45, 2.75) is 38.9 Å². The highest BCUT2D eigenvalue weighted by molar-refractivity contribution is 5.46. The van der Waals surface area contributed by atoms with Crippen LogP contribution in [-0.2, 0) is 18.1 Å². The van der Waals surface area contributed by atoms with Crippen LogP contribution in [0, 0.1) is 0 Å². The Bertz CT molecular complexity index is 1030. The van der Waals surface area contributed by atoms with Crippen LogP contribution in [0.1, 0.15) is 37.7 Å². The van der Waals surface area contributed by atoms with Gasteiger partial charge in [0.25, 0.3) is 0 Å². The van der Waals surface area contributed by atoms with E-state index >= 15 is 0 Å².